The molecule has 0 aliphatic carbocycles. The molecule has 8 heteroatoms. The highest BCUT2D eigenvalue weighted by Crippen LogP contribution is 2.38. The third-order valence-electron chi connectivity index (χ3n) is 7.64. The Morgan fingerprint density at radius 2 is 1.74 bits per heavy atom. The third-order valence-corrected chi connectivity index (χ3v) is 7.64. The van der Waals surface area contributed by atoms with Crippen molar-refractivity contribution in [2.24, 2.45) is 0 Å². The Bertz CT molecular complexity index is 1450. The minimum absolute atomic E-state index is 0.0712. The van der Waals surface area contributed by atoms with E-state index in [0.29, 0.717) is 31.7 Å². The van der Waals surface area contributed by atoms with Gasteiger partial charge in [0.1, 0.15) is 5.75 Å². The minimum Gasteiger partial charge on any atom is -0.495 e. The second-order valence-corrected chi connectivity index (χ2v) is 9.86. The second-order valence-electron chi connectivity index (χ2n) is 9.86. The van der Waals surface area contributed by atoms with Crippen LogP contribution in [0.2, 0.25) is 0 Å². The lowest BCUT2D eigenvalue weighted by molar-refractivity contribution is -0.137. The average Bonchev–Trinajstić information content (AvgIpc) is 3.39. The van der Waals surface area contributed by atoms with Crippen molar-refractivity contribution in [3.05, 3.63) is 95.2 Å². The fourth-order valence-corrected chi connectivity index (χ4v) is 5.55. The molecule has 0 unspecified atom stereocenters. The van der Waals surface area contributed by atoms with Gasteiger partial charge in [0.15, 0.2) is 0 Å². The summed E-state index contributed by atoms with van der Waals surface area (Å²) in [6, 6.07) is 19.1. The van der Waals surface area contributed by atoms with Crippen LogP contribution < -0.4 is 9.64 Å². The largest absolute Gasteiger partial charge is 0.495 e. The molecule has 1 amide bonds. The highest BCUT2D eigenvalue weighted by atomic mass is 19.4. The number of piperazine rings is 1. The van der Waals surface area contributed by atoms with Gasteiger partial charge in [-0.1, -0.05) is 55.5 Å². The molecule has 0 saturated carbocycles. The van der Waals surface area contributed by atoms with Crippen molar-refractivity contribution in [1.29, 1.82) is 0 Å². The van der Waals surface area contributed by atoms with E-state index in [0.717, 1.165) is 46.0 Å². The Balaban J connectivity index is 1.42. The van der Waals surface area contributed by atoms with Crippen molar-refractivity contribution in [3.63, 3.8) is 0 Å². The molecule has 0 radical (unpaired) electrons. The smallest absolute Gasteiger partial charge is 0.416 e. The molecule has 1 fully saturated rings. The molecule has 5 rings (SSSR count). The first-order valence-corrected chi connectivity index (χ1v) is 13.2. The molecule has 2 heterocycles. The molecule has 204 valence electrons. The van der Waals surface area contributed by atoms with Crippen LogP contribution in [0.1, 0.15) is 41.5 Å². The van der Waals surface area contributed by atoms with Crippen molar-refractivity contribution in [3.8, 4) is 5.75 Å². The second kappa shape index (κ2) is 11.0. The van der Waals surface area contributed by atoms with Crippen molar-refractivity contribution >= 4 is 22.5 Å². The van der Waals surface area contributed by atoms with Gasteiger partial charge < -0.3 is 19.5 Å². The summed E-state index contributed by atoms with van der Waals surface area (Å²) in [5, 5.41) is 0.936. The van der Waals surface area contributed by atoms with Gasteiger partial charge in [0, 0.05) is 55.6 Å². The van der Waals surface area contributed by atoms with Gasteiger partial charge in [0.2, 0.25) is 5.91 Å². The van der Waals surface area contributed by atoms with Gasteiger partial charge in [0.25, 0.3) is 0 Å². The SMILES string of the molecule is CCc1cccc2c([C@@H](CC(=O)N3CCN(c4ccccc4OC)CC3)c3cccc(C(F)(F)F)c3)c[nH]c12. The van der Waals surface area contributed by atoms with Gasteiger partial charge in [-0.3, -0.25) is 4.79 Å². The zero-order valence-corrected chi connectivity index (χ0v) is 22.1. The number of ether oxygens (including phenoxy) is 1. The summed E-state index contributed by atoms with van der Waals surface area (Å²) in [5.74, 6) is 0.193. The molecule has 5 nitrogen and oxygen atoms in total. The summed E-state index contributed by atoms with van der Waals surface area (Å²) in [6.07, 6.45) is -1.71. The van der Waals surface area contributed by atoms with E-state index in [9.17, 15) is 18.0 Å². The number of aryl methyl sites for hydroxylation is 1. The van der Waals surface area contributed by atoms with Crippen LogP contribution in [-0.4, -0.2) is 49.1 Å². The average molecular weight is 536 g/mol. The summed E-state index contributed by atoms with van der Waals surface area (Å²) in [6.45, 7) is 4.41. The number of methoxy groups -OCH3 is 1. The number of benzene rings is 3. The molecule has 0 bridgehead atoms. The Hall–Kier alpha value is -3.94. The van der Waals surface area contributed by atoms with Gasteiger partial charge in [-0.25, -0.2) is 0 Å². The van der Waals surface area contributed by atoms with E-state index in [4.69, 9.17) is 4.74 Å². The molecular weight excluding hydrogens is 503 g/mol. The van der Waals surface area contributed by atoms with Gasteiger partial charge in [0.05, 0.1) is 18.4 Å². The molecule has 3 aromatic carbocycles. The van der Waals surface area contributed by atoms with Crippen LogP contribution >= 0.6 is 0 Å². The number of rotatable bonds is 7. The fourth-order valence-electron chi connectivity index (χ4n) is 5.55. The van der Waals surface area contributed by atoms with E-state index in [1.54, 1.807) is 13.2 Å². The number of nitrogens with zero attached hydrogens (tertiary/aromatic N) is 2. The number of hydrogen-bond donors (Lipinski definition) is 1. The summed E-state index contributed by atoms with van der Waals surface area (Å²) in [5.41, 5.74) is 3.68. The monoisotopic (exact) mass is 535 g/mol. The number of amides is 1. The van der Waals surface area contributed by atoms with Crippen LogP contribution in [0.15, 0.2) is 72.9 Å². The number of aromatic amines is 1. The number of carbonyl (C=O) groups excluding carboxylic acids is 1. The molecule has 4 aromatic rings. The summed E-state index contributed by atoms with van der Waals surface area (Å²) < 4.78 is 46.3. The predicted molar refractivity (Wildman–Crippen MR) is 147 cm³/mol. The summed E-state index contributed by atoms with van der Waals surface area (Å²) >= 11 is 0. The van der Waals surface area contributed by atoms with Crippen LogP contribution in [0.4, 0.5) is 18.9 Å². The highest BCUT2D eigenvalue weighted by Gasteiger charge is 2.33. The van der Waals surface area contributed by atoms with Crippen LogP contribution in [0.25, 0.3) is 10.9 Å². The Kier molecular flexibility index (Phi) is 7.55. The summed E-state index contributed by atoms with van der Waals surface area (Å²) in [4.78, 5) is 21.0. The first kappa shape index (κ1) is 26.7. The van der Waals surface area contributed by atoms with E-state index in [2.05, 4.69) is 16.8 Å². The molecule has 1 aromatic heterocycles. The van der Waals surface area contributed by atoms with Gasteiger partial charge >= 0.3 is 6.18 Å². The van der Waals surface area contributed by atoms with Crippen molar-refractivity contribution in [2.75, 3.05) is 38.2 Å². The minimum atomic E-state index is -4.46. The number of H-pyrrole nitrogens is 1. The maximum atomic E-state index is 13.6. The van der Waals surface area contributed by atoms with E-state index >= 15 is 0 Å². The van der Waals surface area contributed by atoms with E-state index in [1.807, 2.05) is 53.6 Å². The predicted octanol–water partition coefficient (Wildman–Crippen LogP) is 6.63. The number of anilines is 1. The number of nitrogens with one attached hydrogen (secondary N) is 1. The van der Waals surface area contributed by atoms with Crippen LogP contribution in [0.5, 0.6) is 5.75 Å². The third kappa shape index (κ3) is 5.46. The van der Waals surface area contributed by atoms with Gasteiger partial charge in [-0.05, 0) is 41.3 Å². The van der Waals surface area contributed by atoms with Crippen LogP contribution in [0, 0.1) is 0 Å². The molecule has 1 aliphatic heterocycles. The lowest BCUT2D eigenvalue weighted by atomic mass is 9.86. The maximum absolute atomic E-state index is 13.6. The molecule has 39 heavy (non-hydrogen) atoms. The van der Waals surface area contributed by atoms with Crippen LogP contribution in [0.3, 0.4) is 0 Å². The highest BCUT2D eigenvalue weighted by molar-refractivity contribution is 5.88. The van der Waals surface area contributed by atoms with Crippen molar-refractivity contribution in [1.82, 2.24) is 9.88 Å². The first-order valence-electron chi connectivity index (χ1n) is 13.2. The maximum Gasteiger partial charge on any atom is 0.416 e. The lowest BCUT2D eigenvalue weighted by Crippen LogP contribution is -2.49. The standard InChI is InChI=1S/C31H32F3N3O2/c1-3-21-8-7-11-24-26(20-35-30(21)24)25(22-9-6-10-23(18-22)31(32,33)34)19-29(38)37-16-14-36(15-17-37)27-12-4-5-13-28(27)39-2/h4-13,18,20,25,35H,3,14-17,19H2,1-2H3/t25-/m0/s1. The Morgan fingerprint density at radius 1 is 1.00 bits per heavy atom. The number of alkyl halides is 3. The number of hydrogen-bond acceptors (Lipinski definition) is 3. The number of carbonyl (C=O) groups is 1. The first-order chi connectivity index (χ1) is 18.8. The molecular formula is C31H32F3N3O2. The van der Waals surface area contributed by atoms with Crippen LogP contribution in [-0.2, 0) is 17.4 Å². The molecule has 1 saturated heterocycles. The molecule has 0 spiro atoms. The zero-order valence-electron chi connectivity index (χ0n) is 22.1. The normalized spacial score (nSPS) is 15.0. The number of aromatic nitrogens is 1. The molecule has 1 aliphatic rings. The number of fused-ring (bicyclic) bond motifs is 1. The number of para-hydroxylation sites is 3. The van der Waals surface area contributed by atoms with Gasteiger partial charge in [-0.15, -0.1) is 0 Å². The van der Waals surface area contributed by atoms with Gasteiger partial charge in [-0.2, -0.15) is 13.2 Å². The fraction of sp³-hybridized carbons (Fsp3) is 0.323. The van der Waals surface area contributed by atoms with E-state index in [-0.39, 0.29) is 12.3 Å². The number of halogens is 3. The van der Waals surface area contributed by atoms with E-state index < -0.39 is 17.7 Å². The topological polar surface area (TPSA) is 48.6 Å². The Labute approximate surface area is 226 Å². The van der Waals surface area contributed by atoms with E-state index in [1.165, 1.54) is 12.1 Å². The van der Waals surface area contributed by atoms with Crippen molar-refractivity contribution < 1.29 is 22.7 Å². The quantitative estimate of drug-likeness (QED) is 0.289. The van der Waals surface area contributed by atoms with Crippen molar-refractivity contribution in [2.45, 2.75) is 31.9 Å². The zero-order chi connectivity index (χ0) is 27.6. The summed E-state index contributed by atoms with van der Waals surface area (Å²) in [7, 11) is 1.64. The Morgan fingerprint density at radius 3 is 2.46 bits per heavy atom. The molecule has 1 N–H and O–H groups in total. The molecule has 1 atom stereocenters. The lowest BCUT2D eigenvalue weighted by Gasteiger charge is -2.37.